The van der Waals surface area contributed by atoms with Gasteiger partial charge in [0.2, 0.25) is 0 Å². The predicted molar refractivity (Wildman–Crippen MR) is 81.9 cm³/mol. The Labute approximate surface area is 189 Å². The van der Waals surface area contributed by atoms with Crippen molar-refractivity contribution in [1.29, 1.82) is 0 Å². The number of halogens is 17. The van der Waals surface area contributed by atoms with Crippen LogP contribution < -0.4 is 4.72 Å². The number of alkyl halides is 17. The molecule has 0 fully saturated rings. The maximum atomic E-state index is 13.7. The van der Waals surface area contributed by atoms with E-state index in [2.05, 4.69) is 0 Å². The van der Waals surface area contributed by atoms with E-state index in [1.807, 2.05) is 0 Å². The van der Waals surface area contributed by atoms with Crippen LogP contribution in [0.15, 0.2) is 0 Å². The Morgan fingerprint density at radius 2 is 1.00 bits per heavy atom. The second-order valence-electron chi connectivity index (χ2n) is 7.00. The van der Waals surface area contributed by atoms with Crippen LogP contribution in [0.3, 0.4) is 0 Å². The van der Waals surface area contributed by atoms with Crippen molar-refractivity contribution >= 4 is 10.0 Å². The van der Waals surface area contributed by atoms with Gasteiger partial charge in [0.05, 0.1) is 0 Å². The highest BCUT2D eigenvalue weighted by atomic mass is 32.2. The number of hydrogen-bond donors (Lipinski definition) is 1. The van der Waals surface area contributed by atoms with E-state index in [4.69, 9.17) is 0 Å². The van der Waals surface area contributed by atoms with Gasteiger partial charge in [-0.1, -0.05) is 0 Å². The predicted octanol–water partition coefficient (Wildman–Crippen LogP) is 4.76. The van der Waals surface area contributed by atoms with E-state index in [0.717, 1.165) is 0 Å². The number of nitrogens with one attached hydrogen (secondary N) is 1. The largest absolute Gasteiger partial charge is 0.460 e. The third kappa shape index (κ3) is 5.71. The Morgan fingerprint density at radius 1 is 0.639 bits per heavy atom. The molecule has 0 saturated carbocycles. The molecule has 0 spiro atoms. The fourth-order valence-corrected chi connectivity index (χ4v) is 2.94. The number of hydrogen-bond acceptors (Lipinski definition) is 4. The van der Waals surface area contributed by atoms with E-state index < -0.39 is 70.3 Å². The molecule has 0 rings (SSSR count). The molecule has 36 heavy (non-hydrogen) atoms. The van der Waals surface area contributed by atoms with E-state index >= 15 is 0 Å². The van der Waals surface area contributed by atoms with Gasteiger partial charge < -0.3 is 4.90 Å². The molecule has 1 N–H and O–H groups in total. The van der Waals surface area contributed by atoms with Crippen LogP contribution in [0.4, 0.5) is 74.6 Å². The SMILES string of the molecule is CN(C)CCCNS(=O)(=O)C(F)(F)C(F)(F)C(F)(F)C(F)(F)OC(F)(F)C(F)(F)C(F)(F)C(F)(F)F. The molecule has 0 aromatic rings. The Balaban J connectivity index is 6.31. The molecule has 0 amide bonds. The number of nitrogens with zero attached hydrogens (tertiary/aromatic N) is 1. The fourth-order valence-electron chi connectivity index (χ4n) is 1.88. The van der Waals surface area contributed by atoms with Crippen LogP contribution in [0.5, 0.6) is 0 Å². The quantitative estimate of drug-likeness (QED) is 0.245. The summed E-state index contributed by atoms with van der Waals surface area (Å²) < 4.78 is 246. The van der Waals surface area contributed by atoms with Crippen LogP contribution in [0.25, 0.3) is 0 Å². The Bertz CT molecular complexity index is 870. The summed E-state index contributed by atoms with van der Waals surface area (Å²) in [5.41, 5.74) is 0. The minimum atomic E-state index is -8.26. The van der Waals surface area contributed by atoms with Crippen molar-refractivity contribution in [2.24, 2.45) is 0 Å². The average Bonchev–Trinajstić information content (AvgIpc) is 2.62. The summed E-state index contributed by atoms with van der Waals surface area (Å²) in [4.78, 5) is 1.26. The zero-order valence-corrected chi connectivity index (χ0v) is 17.9. The van der Waals surface area contributed by atoms with Crippen molar-refractivity contribution in [3.63, 3.8) is 0 Å². The van der Waals surface area contributed by atoms with Gasteiger partial charge >= 0.3 is 47.3 Å². The summed E-state index contributed by atoms with van der Waals surface area (Å²) in [5, 5.41) is -7.36. The molecule has 0 unspecified atom stereocenters. The van der Waals surface area contributed by atoms with Gasteiger partial charge in [-0.2, -0.15) is 74.6 Å². The summed E-state index contributed by atoms with van der Waals surface area (Å²) in [6.45, 7) is -1.38. The third-order valence-corrected chi connectivity index (χ3v) is 5.42. The lowest BCUT2D eigenvalue weighted by molar-refractivity contribution is -0.516. The highest BCUT2D eigenvalue weighted by molar-refractivity contribution is 7.90. The van der Waals surface area contributed by atoms with Crippen LogP contribution in [0.1, 0.15) is 6.42 Å². The summed E-state index contributed by atoms with van der Waals surface area (Å²) in [5.74, 6) is -32.5. The summed E-state index contributed by atoms with van der Waals surface area (Å²) >= 11 is 0. The third-order valence-electron chi connectivity index (χ3n) is 3.91. The highest BCUT2D eigenvalue weighted by Gasteiger charge is 2.89. The summed E-state index contributed by atoms with van der Waals surface area (Å²) in [7, 11) is -4.45. The fraction of sp³-hybridized carbons (Fsp3) is 1.00. The molecule has 0 bridgehead atoms. The molecule has 0 aromatic carbocycles. The Kier molecular flexibility index (Phi) is 9.38. The maximum Gasteiger partial charge on any atom is 0.460 e. The van der Waals surface area contributed by atoms with Gasteiger partial charge in [-0.3, -0.25) is 0 Å². The number of sulfonamides is 1. The second-order valence-corrected chi connectivity index (χ2v) is 8.81. The van der Waals surface area contributed by atoms with E-state index in [1.54, 1.807) is 0 Å². The van der Waals surface area contributed by atoms with Crippen molar-refractivity contribution in [2.45, 2.75) is 53.8 Å². The first kappa shape index (κ1) is 34.6. The van der Waals surface area contributed by atoms with Gasteiger partial charge in [-0.25, -0.2) is 17.9 Å². The van der Waals surface area contributed by atoms with Crippen LogP contribution in [-0.2, 0) is 14.8 Å². The first-order chi connectivity index (χ1) is 15.4. The minimum absolute atomic E-state index is 0.154. The average molecular weight is 600 g/mol. The molecule has 23 heteroatoms. The van der Waals surface area contributed by atoms with Crippen molar-refractivity contribution in [1.82, 2.24) is 9.62 Å². The molecule has 0 saturated heterocycles. The minimum Gasteiger partial charge on any atom is -0.309 e. The van der Waals surface area contributed by atoms with Gasteiger partial charge in [-0.05, 0) is 27.1 Å². The van der Waals surface area contributed by atoms with Crippen LogP contribution in [0, 0.1) is 0 Å². The van der Waals surface area contributed by atoms with Crippen molar-refractivity contribution in [3.05, 3.63) is 0 Å². The molecule has 0 aromatic heterocycles. The first-order valence-corrected chi connectivity index (χ1v) is 9.91. The zero-order valence-electron chi connectivity index (χ0n) is 17.1. The summed E-state index contributed by atoms with van der Waals surface area (Å²) in [6.07, 6.45) is -24.4. The second kappa shape index (κ2) is 9.75. The van der Waals surface area contributed by atoms with Crippen LogP contribution in [0.2, 0.25) is 0 Å². The standard InChI is InChI=1S/C13H13F17N2O3S/c1-32(2)5-3-4-31-36(33,34)13(29,30)9(20,21)8(18,19)12(27,28)35-11(25,26)7(16,17)6(14,15)10(22,23)24/h31H,3-5H2,1-2H3. The molecule has 0 radical (unpaired) electrons. The van der Waals surface area contributed by atoms with E-state index in [1.165, 1.54) is 23.7 Å². The molecular weight excluding hydrogens is 587 g/mol. The molecule has 0 heterocycles. The lowest BCUT2D eigenvalue weighted by Gasteiger charge is -2.39. The molecule has 0 aliphatic heterocycles. The van der Waals surface area contributed by atoms with Crippen molar-refractivity contribution in [2.75, 3.05) is 27.2 Å². The van der Waals surface area contributed by atoms with Gasteiger partial charge in [-0.15, -0.1) is 0 Å². The summed E-state index contributed by atoms with van der Waals surface area (Å²) in [6, 6.07) is 0. The maximum absolute atomic E-state index is 13.7. The highest BCUT2D eigenvalue weighted by Crippen LogP contribution is 2.59. The van der Waals surface area contributed by atoms with Gasteiger partial charge in [0.15, 0.2) is 0 Å². The Hall–Kier alpha value is -1.36. The van der Waals surface area contributed by atoms with E-state index in [-0.39, 0.29) is 6.54 Å². The topological polar surface area (TPSA) is 58.6 Å². The normalized spacial score (nSPS) is 16.1. The molecule has 218 valence electrons. The van der Waals surface area contributed by atoms with Crippen LogP contribution in [-0.4, -0.2) is 87.8 Å². The van der Waals surface area contributed by atoms with Gasteiger partial charge in [0, 0.05) is 6.54 Å². The number of rotatable bonds is 13. The molecule has 0 aliphatic rings. The monoisotopic (exact) mass is 600 g/mol. The van der Waals surface area contributed by atoms with Crippen molar-refractivity contribution < 1.29 is 87.8 Å². The molecule has 0 atom stereocenters. The smallest absolute Gasteiger partial charge is 0.309 e. The zero-order chi connectivity index (χ0) is 29.6. The van der Waals surface area contributed by atoms with E-state index in [9.17, 15) is 83.1 Å². The lowest BCUT2D eigenvalue weighted by atomic mass is 10.1. The lowest BCUT2D eigenvalue weighted by Crippen LogP contribution is -2.69. The number of ether oxygens (including phenoxy) is 1. The first-order valence-electron chi connectivity index (χ1n) is 8.43. The molecule has 0 aliphatic carbocycles. The molecular formula is C13H13F17N2O3S. The van der Waals surface area contributed by atoms with Gasteiger partial charge in [0.1, 0.15) is 0 Å². The Morgan fingerprint density at radius 3 is 1.33 bits per heavy atom. The van der Waals surface area contributed by atoms with Crippen molar-refractivity contribution in [3.8, 4) is 0 Å². The van der Waals surface area contributed by atoms with Crippen LogP contribution >= 0.6 is 0 Å². The van der Waals surface area contributed by atoms with E-state index in [0.29, 0.717) is 4.72 Å². The molecule has 5 nitrogen and oxygen atoms in total. The van der Waals surface area contributed by atoms with Gasteiger partial charge in [0.25, 0.3) is 10.0 Å².